The van der Waals surface area contributed by atoms with Crippen LogP contribution in [-0.2, 0) is 0 Å². The largest absolute Gasteiger partial charge is 0.352 e. The van der Waals surface area contributed by atoms with E-state index >= 15 is 0 Å². The van der Waals surface area contributed by atoms with E-state index in [1.807, 2.05) is 34.8 Å². The number of hydrogen-bond donors (Lipinski definition) is 1. The van der Waals surface area contributed by atoms with Crippen LogP contribution in [0.25, 0.3) is 27.5 Å². The molecule has 2 atom stereocenters. The fourth-order valence-corrected chi connectivity index (χ4v) is 5.02. The van der Waals surface area contributed by atoms with Gasteiger partial charge in [0, 0.05) is 43.1 Å². The van der Waals surface area contributed by atoms with Crippen LogP contribution < -0.4 is 10.2 Å². The van der Waals surface area contributed by atoms with Crippen molar-refractivity contribution >= 4 is 34.4 Å². The molecule has 8 heteroatoms. The average Bonchev–Trinajstić information content (AvgIpc) is 3.30. The van der Waals surface area contributed by atoms with Crippen LogP contribution >= 0.6 is 22.9 Å². The maximum absolute atomic E-state index is 6.21. The maximum atomic E-state index is 6.21. The van der Waals surface area contributed by atoms with Crippen molar-refractivity contribution in [1.29, 1.82) is 0 Å². The molecule has 5 heterocycles. The molecule has 1 saturated heterocycles. The summed E-state index contributed by atoms with van der Waals surface area (Å²) >= 11 is 7.73. The molecule has 0 amide bonds. The molecule has 1 aliphatic rings. The molecule has 4 aromatic rings. The number of anilines is 1. The molecule has 0 saturated carbocycles. The van der Waals surface area contributed by atoms with Crippen LogP contribution in [0.1, 0.15) is 13.8 Å². The van der Waals surface area contributed by atoms with Gasteiger partial charge in [-0.1, -0.05) is 11.6 Å². The predicted molar refractivity (Wildman–Crippen MR) is 119 cm³/mol. The molecule has 0 spiro atoms. The maximum Gasteiger partial charge on any atom is 0.155 e. The number of aromatic nitrogens is 4. The summed E-state index contributed by atoms with van der Waals surface area (Å²) < 4.78 is 2.69. The van der Waals surface area contributed by atoms with Crippen LogP contribution in [0.3, 0.4) is 0 Å². The number of piperazine rings is 1. The Labute approximate surface area is 178 Å². The number of pyridine rings is 1. The molecule has 5 rings (SSSR count). The standard InChI is InChI=1S/C21H21ClN6S/c1-13-11-27(12-14(2)24-13)19-6-5-18-25-20(16-3-4-17(22)29-16)21(28(18)26-19)15-7-9-23-10-8-15/h3-10,13-14,24H,11-12H2,1-2H3/t13-,14+. The van der Waals surface area contributed by atoms with Crippen LogP contribution in [0.5, 0.6) is 0 Å². The van der Waals surface area contributed by atoms with Crippen molar-refractivity contribution in [2.45, 2.75) is 25.9 Å². The van der Waals surface area contributed by atoms with Crippen molar-refractivity contribution in [3.63, 3.8) is 0 Å². The lowest BCUT2D eigenvalue weighted by Gasteiger charge is -2.36. The third-order valence-corrected chi connectivity index (χ3v) is 6.34. The summed E-state index contributed by atoms with van der Waals surface area (Å²) in [7, 11) is 0. The summed E-state index contributed by atoms with van der Waals surface area (Å²) in [6.45, 7) is 6.27. The van der Waals surface area contributed by atoms with Gasteiger partial charge in [0.2, 0.25) is 0 Å². The highest BCUT2D eigenvalue weighted by Crippen LogP contribution is 2.37. The molecule has 1 aliphatic heterocycles. The Morgan fingerprint density at radius 1 is 1.03 bits per heavy atom. The molecule has 4 aromatic heterocycles. The zero-order valence-corrected chi connectivity index (χ0v) is 17.8. The average molecular weight is 425 g/mol. The van der Waals surface area contributed by atoms with E-state index in [4.69, 9.17) is 21.7 Å². The lowest BCUT2D eigenvalue weighted by molar-refractivity contribution is 0.404. The number of rotatable bonds is 3. The molecule has 29 heavy (non-hydrogen) atoms. The SMILES string of the molecule is C[C@@H]1CN(c2ccc3nc(-c4ccc(Cl)s4)c(-c4ccncc4)n3n2)C[C@H](C)N1. The van der Waals surface area contributed by atoms with Crippen molar-refractivity contribution in [3.05, 3.63) is 53.1 Å². The van der Waals surface area contributed by atoms with Crippen molar-refractivity contribution < 1.29 is 0 Å². The Balaban J connectivity index is 1.68. The number of hydrogen-bond acceptors (Lipinski definition) is 6. The molecule has 1 fully saturated rings. The number of fused-ring (bicyclic) bond motifs is 1. The van der Waals surface area contributed by atoms with Crippen LogP contribution in [0.4, 0.5) is 5.82 Å². The highest BCUT2D eigenvalue weighted by Gasteiger charge is 2.24. The first-order valence-electron chi connectivity index (χ1n) is 9.65. The van der Waals surface area contributed by atoms with Gasteiger partial charge in [0.05, 0.1) is 9.21 Å². The topological polar surface area (TPSA) is 58.4 Å². The summed E-state index contributed by atoms with van der Waals surface area (Å²) in [5.74, 6) is 0.959. The molecule has 1 N–H and O–H groups in total. The monoisotopic (exact) mass is 424 g/mol. The lowest BCUT2D eigenvalue weighted by atomic mass is 10.1. The summed E-state index contributed by atoms with van der Waals surface area (Å²) in [6.07, 6.45) is 3.59. The predicted octanol–water partition coefficient (Wildman–Crippen LogP) is 4.36. The zero-order chi connectivity index (χ0) is 20.0. The molecule has 148 valence electrons. The first-order valence-corrected chi connectivity index (χ1v) is 10.8. The van der Waals surface area contributed by atoms with Gasteiger partial charge in [-0.15, -0.1) is 16.4 Å². The third-order valence-electron chi connectivity index (χ3n) is 5.11. The molecule has 0 aromatic carbocycles. The Morgan fingerprint density at radius 3 is 2.48 bits per heavy atom. The third kappa shape index (κ3) is 3.50. The van der Waals surface area contributed by atoms with Gasteiger partial charge in [0.25, 0.3) is 0 Å². The second-order valence-corrected chi connectivity index (χ2v) is 9.20. The normalized spacial score (nSPS) is 19.8. The molecule has 0 radical (unpaired) electrons. The smallest absolute Gasteiger partial charge is 0.155 e. The minimum atomic E-state index is 0.419. The van der Waals surface area contributed by atoms with Crippen LogP contribution in [-0.4, -0.2) is 44.8 Å². The number of imidazole rings is 1. The van der Waals surface area contributed by atoms with Crippen molar-refractivity contribution in [1.82, 2.24) is 24.9 Å². The van der Waals surface area contributed by atoms with Crippen molar-refractivity contribution in [2.75, 3.05) is 18.0 Å². The molecular weight excluding hydrogens is 404 g/mol. The van der Waals surface area contributed by atoms with E-state index in [1.54, 1.807) is 12.4 Å². The van der Waals surface area contributed by atoms with Crippen molar-refractivity contribution in [3.8, 4) is 21.8 Å². The summed E-state index contributed by atoms with van der Waals surface area (Å²) in [6, 6.07) is 12.9. The molecule has 6 nitrogen and oxygen atoms in total. The van der Waals surface area contributed by atoms with Gasteiger partial charge in [-0.05, 0) is 50.2 Å². The first-order chi connectivity index (χ1) is 14.1. The van der Waals surface area contributed by atoms with E-state index < -0.39 is 0 Å². The number of thiophene rings is 1. The van der Waals surface area contributed by atoms with Crippen LogP contribution in [0.15, 0.2) is 48.8 Å². The summed E-state index contributed by atoms with van der Waals surface area (Å²) in [4.78, 5) is 12.4. The van der Waals surface area contributed by atoms with Gasteiger partial charge in [0.1, 0.15) is 17.2 Å². The Hall–Kier alpha value is -2.48. The Bertz CT molecular complexity index is 1140. The van der Waals surface area contributed by atoms with E-state index in [1.165, 1.54) is 11.3 Å². The number of nitrogens with zero attached hydrogens (tertiary/aromatic N) is 5. The molecule has 0 bridgehead atoms. The second-order valence-electron chi connectivity index (χ2n) is 7.48. The van der Waals surface area contributed by atoms with Crippen molar-refractivity contribution in [2.24, 2.45) is 0 Å². The fraction of sp³-hybridized carbons (Fsp3) is 0.286. The van der Waals surface area contributed by atoms with Gasteiger partial charge in [0.15, 0.2) is 5.65 Å². The Morgan fingerprint density at radius 2 is 1.79 bits per heavy atom. The summed E-state index contributed by atoms with van der Waals surface area (Å²) in [5.41, 5.74) is 3.69. The van der Waals surface area contributed by atoms with Crippen LogP contribution in [0, 0.1) is 0 Å². The number of nitrogens with one attached hydrogen (secondary N) is 1. The highest BCUT2D eigenvalue weighted by molar-refractivity contribution is 7.19. The second kappa shape index (κ2) is 7.40. The van der Waals surface area contributed by atoms with E-state index in [0.29, 0.717) is 12.1 Å². The fourth-order valence-electron chi connectivity index (χ4n) is 3.99. The van der Waals surface area contributed by atoms with E-state index in [-0.39, 0.29) is 0 Å². The van der Waals surface area contributed by atoms with Crippen LogP contribution in [0.2, 0.25) is 4.34 Å². The highest BCUT2D eigenvalue weighted by atomic mass is 35.5. The van der Waals surface area contributed by atoms with Gasteiger partial charge in [-0.2, -0.15) is 0 Å². The minimum absolute atomic E-state index is 0.419. The lowest BCUT2D eigenvalue weighted by Crippen LogP contribution is -2.54. The first kappa shape index (κ1) is 18.5. The van der Waals surface area contributed by atoms with E-state index in [2.05, 4.69) is 35.1 Å². The van der Waals surface area contributed by atoms with E-state index in [9.17, 15) is 0 Å². The molecule has 0 aliphatic carbocycles. The quantitative estimate of drug-likeness (QED) is 0.529. The minimum Gasteiger partial charge on any atom is -0.352 e. The summed E-state index contributed by atoms with van der Waals surface area (Å²) in [5, 5.41) is 8.58. The zero-order valence-electron chi connectivity index (χ0n) is 16.2. The molecule has 0 unspecified atom stereocenters. The van der Waals surface area contributed by atoms with Gasteiger partial charge in [-0.25, -0.2) is 9.50 Å². The number of halogens is 1. The van der Waals surface area contributed by atoms with Gasteiger partial charge in [-0.3, -0.25) is 4.98 Å². The molecular formula is C21H21ClN6S. The Kier molecular flexibility index (Phi) is 4.73. The van der Waals surface area contributed by atoms with Gasteiger partial charge < -0.3 is 10.2 Å². The van der Waals surface area contributed by atoms with Gasteiger partial charge >= 0.3 is 0 Å². The van der Waals surface area contributed by atoms with E-state index in [0.717, 1.165) is 50.7 Å².